The Morgan fingerprint density at radius 1 is 1.00 bits per heavy atom. The number of rotatable bonds is 6. The molecule has 33 heavy (non-hydrogen) atoms. The molecule has 3 aromatic carbocycles. The summed E-state index contributed by atoms with van der Waals surface area (Å²) in [6, 6.07) is 21.6. The lowest BCUT2D eigenvalue weighted by Gasteiger charge is -2.05. The molecular weight excluding hydrogens is 478 g/mol. The number of aromatic nitrogens is 2. The topological polar surface area (TPSA) is 81.1 Å². The fourth-order valence-corrected chi connectivity index (χ4v) is 6.30. The molecule has 0 spiro atoms. The Morgan fingerprint density at radius 2 is 1.73 bits per heavy atom. The normalized spacial score (nSPS) is 11.8. The zero-order valence-corrected chi connectivity index (χ0v) is 19.6. The van der Waals surface area contributed by atoms with Crippen LogP contribution in [0, 0.1) is 0 Å². The highest BCUT2D eigenvalue weighted by Gasteiger charge is 2.22. The van der Waals surface area contributed by atoms with Gasteiger partial charge in [-0.1, -0.05) is 65.4 Å². The molecule has 0 bridgehead atoms. The Bertz CT molecular complexity index is 1560. The number of para-hydroxylation sites is 2. The quantitative estimate of drug-likeness (QED) is 0.336. The summed E-state index contributed by atoms with van der Waals surface area (Å²) in [6.45, 7) is -0.0348. The van der Waals surface area contributed by atoms with Crippen LogP contribution in [-0.4, -0.2) is 23.9 Å². The van der Waals surface area contributed by atoms with E-state index in [0.717, 1.165) is 10.2 Å². The summed E-state index contributed by atoms with van der Waals surface area (Å²) >= 11 is 7.31. The smallest absolute Gasteiger partial charge is 0.246 e. The maximum absolute atomic E-state index is 13.2. The van der Waals surface area contributed by atoms with Crippen LogP contribution in [0.1, 0.15) is 5.56 Å². The summed E-state index contributed by atoms with van der Waals surface area (Å²) < 4.78 is 29.1. The number of amides is 1. The fraction of sp³-hybridized carbons (Fsp3) is 0.0833. The highest BCUT2D eigenvalue weighted by atomic mass is 35.5. The van der Waals surface area contributed by atoms with E-state index in [0.29, 0.717) is 26.6 Å². The van der Waals surface area contributed by atoms with Gasteiger partial charge in [0, 0.05) is 22.1 Å². The molecule has 0 unspecified atom stereocenters. The summed E-state index contributed by atoms with van der Waals surface area (Å²) in [5.74, 6) is -0.438. The van der Waals surface area contributed by atoms with Gasteiger partial charge in [-0.2, -0.15) is 0 Å². The van der Waals surface area contributed by atoms with Gasteiger partial charge in [0.15, 0.2) is 15.0 Å². The highest BCUT2D eigenvalue weighted by molar-refractivity contribution is 7.90. The van der Waals surface area contributed by atoms with Crippen LogP contribution in [0.4, 0.5) is 5.13 Å². The first-order valence-corrected chi connectivity index (χ1v) is 12.9. The minimum absolute atomic E-state index is 0.0348. The van der Waals surface area contributed by atoms with Gasteiger partial charge in [-0.3, -0.25) is 4.79 Å². The van der Waals surface area contributed by atoms with Crippen molar-refractivity contribution < 1.29 is 13.2 Å². The van der Waals surface area contributed by atoms with E-state index in [-0.39, 0.29) is 23.1 Å². The van der Waals surface area contributed by atoms with Gasteiger partial charge >= 0.3 is 0 Å². The van der Waals surface area contributed by atoms with Gasteiger partial charge in [0.25, 0.3) is 0 Å². The summed E-state index contributed by atoms with van der Waals surface area (Å²) in [7, 11) is -3.65. The van der Waals surface area contributed by atoms with Crippen molar-refractivity contribution >= 4 is 64.9 Å². The molecule has 2 aromatic heterocycles. The highest BCUT2D eigenvalue weighted by Crippen LogP contribution is 2.29. The van der Waals surface area contributed by atoms with E-state index in [1.165, 1.54) is 17.5 Å². The van der Waals surface area contributed by atoms with Crippen LogP contribution in [0.15, 0.2) is 83.9 Å². The third kappa shape index (κ3) is 4.50. The van der Waals surface area contributed by atoms with Crippen molar-refractivity contribution in [1.82, 2.24) is 9.55 Å². The molecule has 0 aliphatic carbocycles. The van der Waals surface area contributed by atoms with Crippen LogP contribution in [0.5, 0.6) is 0 Å². The van der Waals surface area contributed by atoms with Gasteiger partial charge in [-0.25, -0.2) is 13.4 Å². The number of nitrogens with one attached hydrogen (secondary N) is 1. The average Bonchev–Trinajstić information content (AvgIpc) is 3.36. The number of sulfone groups is 1. The average molecular weight is 496 g/mol. The molecule has 166 valence electrons. The molecule has 0 radical (unpaired) electrons. The van der Waals surface area contributed by atoms with Crippen molar-refractivity contribution in [3.8, 4) is 0 Å². The van der Waals surface area contributed by atoms with E-state index in [1.807, 2.05) is 36.4 Å². The maximum Gasteiger partial charge on any atom is 0.246 e. The number of benzene rings is 3. The minimum Gasteiger partial charge on any atom is -0.337 e. The molecular formula is C24H18ClN3O3S2. The first kappa shape index (κ1) is 21.6. The molecule has 0 atom stereocenters. The predicted molar refractivity (Wildman–Crippen MR) is 133 cm³/mol. The molecule has 0 aliphatic heterocycles. The Hall–Kier alpha value is -3.20. The molecule has 0 saturated heterocycles. The first-order valence-electron chi connectivity index (χ1n) is 10.1. The first-order chi connectivity index (χ1) is 15.9. The van der Waals surface area contributed by atoms with Gasteiger partial charge in [-0.05, 0) is 35.9 Å². The number of anilines is 1. The molecule has 1 N–H and O–H groups in total. The Kier molecular flexibility index (Phi) is 5.65. The zero-order chi connectivity index (χ0) is 23.0. The van der Waals surface area contributed by atoms with Crippen LogP contribution in [-0.2, 0) is 26.9 Å². The van der Waals surface area contributed by atoms with E-state index in [4.69, 9.17) is 11.6 Å². The molecule has 0 saturated carbocycles. The number of hydrogen-bond acceptors (Lipinski definition) is 5. The van der Waals surface area contributed by atoms with Crippen molar-refractivity contribution in [2.24, 2.45) is 0 Å². The maximum atomic E-state index is 13.2. The van der Waals surface area contributed by atoms with E-state index >= 15 is 0 Å². The van der Waals surface area contributed by atoms with Crippen molar-refractivity contribution in [1.29, 1.82) is 0 Å². The SMILES string of the molecule is O=C(Cn1cc(S(=O)(=O)Cc2ccc(Cl)cc2)c2ccccc21)Nc1nc2ccccc2s1. The number of nitrogens with zero attached hydrogens (tertiary/aromatic N) is 2. The van der Waals surface area contributed by atoms with Gasteiger partial charge in [0.2, 0.25) is 5.91 Å². The summed E-state index contributed by atoms with van der Waals surface area (Å²) in [5.41, 5.74) is 2.14. The summed E-state index contributed by atoms with van der Waals surface area (Å²) in [5, 5.41) is 4.46. The lowest BCUT2D eigenvalue weighted by atomic mass is 10.2. The third-order valence-corrected chi connectivity index (χ3v) is 8.12. The molecule has 9 heteroatoms. The molecule has 2 heterocycles. The van der Waals surface area contributed by atoms with Crippen LogP contribution < -0.4 is 5.32 Å². The zero-order valence-electron chi connectivity index (χ0n) is 17.2. The van der Waals surface area contributed by atoms with E-state index in [1.54, 1.807) is 41.0 Å². The number of halogens is 1. The van der Waals surface area contributed by atoms with Crippen molar-refractivity contribution in [2.75, 3.05) is 5.32 Å². The molecule has 5 rings (SSSR count). The lowest BCUT2D eigenvalue weighted by molar-refractivity contribution is -0.116. The number of carbonyl (C=O) groups is 1. The molecule has 5 aromatic rings. The van der Waals surface area contributed by atoms with E-state index in [2.05, 4.69) is 10.3 Å². The number of thiazole rings is 1. The summed E-state index contributed by atoms with van der Waals surface area (Å²) in [6.07, 6.45) is 1.54. The largest absolute Gasteiger partial charge is 0.337 e. The van der Waals surface area contributed by atoms with Gasteiger partial charge in [-0.15, -0.1) is 0 Å². The van der Waals surface area contributed by atoms with E-state index in [9.17, 15) is 13.2 Å². The Morgan fingerprint density at radius 3 is 2.52 bits per heavy atom. The second kappa shape index (κ2) is 8.62. The van der Waals surface area contributed by atoms with Crippen molar-refractivity contribution in [3.05, 3.63) is 89.6 Å². The number of hydrogen-bond donors (Lipinski definition) is 1. The molecule has 0 aliphatic rings. The van der Waals surface area contributed by atoms with Crippen molar-refractivity contribution in [2.45, 2.75) is 17.2 Å². The predicted octanol–water partition coefficient (Wildman–Crippen LogP) is 5.52. The van der Waals surface area contributed by atoms with Crippen LogP contribution in [0.25, 0.3) is 21.1 Å². The minimum atomic E-state index is -3.65. The van der Waals surface area contributed by atoms with Gasteiger partial charge in [0.05, 0.1) is 20.9 Å². The molecule has 6 nitrogen and oxygen atoms in total. The second-order valence-electron chi connectivity index (χ2n) is 7.56. The van der Waals surface area contributed by atoms with Gasteiger partial charge < -0.3 is 9.88 Å². The Balaban J connectivity index is 1.43. The van der Waals surface area contributed by atoms with Crippen LogP contribution in [0.3, 0.4) is 0 Å². The number of fused-ring (bicyclic) bond motifs is 2. The lowest BCUT2D eigenvalue weighted by Crippen LogP contribution is -2.18. The Labute approximate surface area is 199 Å². The van der Waals surface area contributed by atoms with Crippen LogP contribution in [0.2, 0.25) is 5.02 Å². The van der Waals surface area contributed by atoms with Crippen molar-refractivity contribution in [3.63, 3.8) is 0 Å². The van der Waals surface area contributed by atoms with Crippen LogP contribution >= 0.6 is 22.9 Å². The molecule has 0 fully saturated rings. The summed E-state index contributed by atoms with van der Waals surface area (Å²) in [4.78, 5) is 17.4. The standard InChI is InChI=1S/C24H18ClN3O3S2/c25-17-11-9-16(10-12-17)15-33(30,31)22-13-28(20-7-3-1-5-18(20)22)14-23(29)27-24-26-19-6-2-4-8-21(19)32-24/h1-13H,14-15H2,(H,26,27,29). The second-order valence-corrected chi connectivity index (χ2v) is 11.0. The fourth-order valence-electron chi connectivity index (χ4n) is 3.71. The van der Waals surface area contributed by atoms with Gasteiger partial charge in [0.1, 0.15) is 6.54 Å². The molecule has 1 amide bonds. The number of carbonyl (C=O) groups excluding carboxylic acids is 1. The van der Waals surface area contributed by atoms with E-state index < -0.39 is 9.84 Å². The third-order valence-electron chi connectivity index (χ3n) is 5.21. The monoisotopic (exact) mass is 495 g/mol.